The van der Waals surface area contributed by atoms with Crippen LogP contribution >= 0.6 is 0 Å². The third-order valence-corrected chi connectivity index (χ3v) is 4.09. The zero-order valence-electron chi connectivity index (χ0n) is 12.8. The summed E-state index contributed by atoms with van der Waals surface area (Å²) in [5.74, 6) is -0.662. The summed E-state index contributed by atoms with van der Waals surface area (Å²) < 4.78 is 26.4. The van der Waals surface area contributed by atoms with Crippen molar-refractivity contribution in [2.75, 3.05) is 27.2 Å². The average Bonchev–Trinajstić information content (AvgIpc) is 2.35. The molecular weight excluding hydrogens is 274 g/mol. The Morgan fingerprint density at radius 2 is 2.05 bits per heavy atom. The first kappa shape index (κ1) is 15.9. The van der Waals surface area contributed by atoms with Crippen LogP contribution in [-0.4, -0.2) is 48.9 Å². The summed E-state index contributed by atoms with van der Waals surface area (Å²) in [6, 6.07) is 3.59. The van der Waals surface area contributed by atoms with Crippen LogP contribution in [0.1, 0.15) is 18.9 Å². The fraction of sp³-hybridized carbons (Fsp3) is 0.562. The summed E-state index contributed by atoms with van der Waals surface area (Å²) >= 11 is 0. The quantitative estimate of drug-likeness (QED) is 0.832. The number of hydrogen-bond acceptors (Lipinski definition) is 2. The van der Waals surface area contributed by atoms with E-state index < -0.39 is 11.6 Å². The van der Waals surface area contributed by atoms with Crippen molar-refractivity contribution in [3.8, 4) is 0 Å². The van der Waals surface area contributed by atoms with E-state index in [1.165, 1.54) is 12.1 Å². The lowest BCUT2D eigenvalue weighted by Crippen LogP contribution is -2.56. The van der Waals surface area contributed by atoms with E-state index in [9.17, 15) is 13.6 Å². The molecule has 5 heteroatoms. The summed E-state index contributed by atoms with van der Waals surface area (Å²) in [6.45, 7) is 3.30. The summed E-state index contributed by atoms with van der Waals surface area (Å²) in [5, 5.41) is 0. The number of amides is 1. The number of nitrogens with zero attached hydrogens (tertiary/aromatic N) is 2. The highest BCUT2D eigenvalue weighted by atomic mass is 19.1. The smallest absolute Gasteiger partial charge is 0.239 e. The molecule has 2 rings (SSSR count). The van der Waals surface area contributed by atoms with Gasteiger partial charge in [-0.15, -0.1) is 0 Å². The Morgan fingerprint density at radius 1 is 1.38 bits per heavy atom. The number of likely N-dealkylation sites (N-methyl/N-ethyl adjacent to an activating group) is 1. The van der Waals surface area contributed by atoms with Crippen LogP contribution in [-0.2, 0) is 11.2 Å². The van der Waals surface area contributed by atoms with E-state index in [1.807, 2.05) is 30.8 Å². The van der Waals surface area contributed by atoms with Gasteiger partial charge in [0.1, 0.15) is 11.6 Å². The monoisotopic (exact) mass is 296 g/mol. The Labute approximate surface area is 124 Å². The number of carbonyl (C=O) groups is 1. The van der Waals surface area contributed by atoms with Crippen LogP contribution in [0.2, 0.25) is 0 Å². The maximum atomic E-state index is 13.6. The van der Waals surface area contributed by atoms with Gasteiger partial charge in [0.2, 0.25) is 5.91 Å². The number of benzene rings is 1. The van der Waals surface area contributed by atoms with E-state index >= 15 is 0 Å². The summed E-state index contributed by atoms with van der Waals surface area (Å²) in [6.07, 6.45) is 1.33. The predicted molar refractivity (Wildman–Crippen MR) is 77.9 cm³/mol. The van der Waals surface area contributed by atoms with Crippen LogP contribution in [0.15, 0.2) is 18.2 Å². The molecule has 1 aromatic rings. The zero-order valence-corrected chi connectivity index (χ0v) is 12.8. The maximum Gasteiger partial charge on any atom is 0.239 e. The van der Waals surface area contributed by atoms with Crippen LogP contribution in [0.5, 0.6) is 0 Å². The predicted octanol–water partition coefficient (Wildman–Crippen LogP) is 2.31. The van der Waals surface area contributed by atoms with Crippen LogP contribution in [0.4, 0.5) is 8.78 Å². The molecule has 0 bridgehead atoms. The third-order valence-electron chi connectivity index (χ3n) is 4.09. The third kappa shape index (κ3) is 3.59. The number of hydrogen-bond donors (Lipinski definition) is 0. The highest BCUT2D eigenvalue weighted by Crippen LogP contribution is 2.24. The fourth-order valence-electron chi connectivity index (χ4n) is 2.85. The van der Waals surface area contributed by atoms with Crippen LogP contribution < -0.4 is 0 Å². The molecule has 1 atom stereocenters. The number of carbonyl (C=O) groups excluding carboxylic acids is 1. The van der Waals surface area contributed by atoms with Gasteiger partial charge in [0, 0.05) is 19.2 Å². The molecule has 3 nitrogen and oxygen atoms in total. The SMILES string of the molecule is CCC(C(=O)N1CC(Cc2ccc(F)cc2F)C1)N(C)C. The van der Waals surface area contributed by atoms with E-state index in [-0.39, 0.29) is 17.9 Å². The average molecular weight is 296 g/mol. The van der Waals surface area contributed by atoms with Gasteiger partial charge in [0.05, 0.1) is 6.04 Å². The first-order valence-electron chi connectivity index (χ1n) is 7.31. The molecule has 1 saturated heterocycles. The van der Waals surface area contributed by atoms with Crippen molar-refractivity contribution in [2.45, 2.75) is 25.8 Å². The highest BCUT2D eigenvalue weighted by Gasteiger charge is 2.34. The van der Waals surface area contributed by atoms with Crippen molar-refractivity contribution in [3.63, 3.8) is 0 Å². The van der Waals surface area contributed by atoms with E-state index in [1.54, 1.807) is 0 Å². The topological polar surface area (TPSA) is 23.6 Å². The fourth-order valence-corrected chi connectivity index (χ4v) is 2.85. The molecule has 1 aromatic carbocycles. The summed E-state index contributed by atoms with van der Waals surface area (Å²) in [5.41, 5.74) is 0.521. The molecule has 116 valence electrons. The minimum atomic E-state index is -0.557. The highest BCUT2D eigenvalue weighted by molar-refractivity contribution is 5.82. The Bertz CT molecular complexity index is 513. The first-order valence-corrected chi connectivity index (χ1v) is 7.31. The van der Waals surface area contributed by atoms with Crippen LogP contribution in [0.25, 0.3) is 0 Å². The standard InChI is InChI=1S/C16H22F2N2O/c1-4-15(19(2)3)16(21)20-9-11(10-20)7-12-5-6-13(17)8-14(12)18/h5-6,8,11,15H,4,7,9-10H2,1-3H3. The van der Waals surface area contributed by atoms with E-state index in [4.69, 9.17) is 0 Å². The van der Waals surface area contributed by atoms with E-state index in [2.05, 4.69) is 0 Å². The van der Waals surface area contributed by atoms with Crippen LogP contribution in [0.3, 0.4) is 0 Å². The van der Waals surface area contributed by atoms with Gasteiger partial charge in [0.15, 0.2) is 0 Å². The van der Waals surface area contributed by atoms with Gasteiger partial charge in [0.25, 0.3) is 0 Å². The molecular formula is C16H22F2N2O. The minimum Gasteiger partial charge on any atom is -0.341 e. The van der Waals surface area contributed by atoms with E-state index in [0.29, 0.717) is 25.1 Å². The van der Waals surface area contributed by atoms with Gasteiger partial charge in [-0.3, -0.25) is 9.69 Å². The number of halogens is 2. The van der Waals surface area contributed by atoms with Crippen molar-refractivity contribution in [2.24, 2.45) is 5.92 Å². The molecule has 0 radical (unpaired) electrons. The molecule has 0 aromatic heterocycles. The lowest BCUT2D eigenvalue weighted by atomic mass is 9.91. The van der Waals surface area contributed by atoms with Gasteiger partial charge in [-0.25, -0.2) is 8.78 Å². The molecule has 0 spiro atoms. The van der Waals surface area contributed by atoms with Gasteiger partial charge >= 0.3 is 0 Å². The molecule has 1 aliphatic rings. The Kier molecular flexibility index (Phi) is 4.93. The maximum absolute atomic E-state index is 13.6. The first-order chi connectivity index (χ1) is 9.92. The molecule has 0 aliphatic carbocycles. The Morgan fingerprint density at radius 3 is 2.57 bits per heavy atom. The molecule has 21 heavy (non-hydrogen) atoms. The van der Waals surface area contributed by atoms with Gasteiger partial charge in [-0.05, 0) is 44.5 Å². The van der Waals surface area contributed by atoms with Gasteiger partial charge in [-0.2, -0.15) is 0 Å². The van der Waals surface area contributed by atoms with Crippen molar-refractivity contribution in [1.29, 1.82) is 0 Å². The zero-order chi connectivity index (χ0) is 15.6. The number of rotatable bonds is 5. The summed E-state index contributed by atoms with van der Waals surface area (Å²) in [7, 11) is 3.80. The van der Waals surface area contributed by atoms with Crippen molar-refractivity contribution in [1.82, 2.24) is 9.80 Å². The Hall–Kier alpha value is -1.49. The molecule has 1 heterocycles. The molecule has 1 aliphatic heterocycles. The van der Waals surface area contributed by atoms with E-state index in [0.717, 1.165) is 12.5 Å². The second-order valence-corrected chi connectivity index (χ2v) is 5.94. The normalized spacial score (nSPS) is 17.0. The summed E-state index contributed by atoms with van der Waals surface area (Å²) in [4.78, 5) is 16.0. The molecule has 1 amide bonds. The molecule has 0 N–H and O–H groups in total. The van der Waals surface area contributed by atoms with Gasteiger partial charge < -0.3 is 4.90 Å². The van der Waals surface area contributed by atoms with Gasteiger partial charge in [-0.1, -0.05) is 13.0 Å². The number of likely N-dealkylation sites (tertiary alicyclic amines) is 1. The Balaban J connectivity index is 1.88. The second kappa shape index (κ2) is 6.52. The molecule has 1 fully saturated rings. The van der Waals surface area contributed by atoms with Crippen molar-refractivity contribution < 1.29 is 13.6 Å². The lowest BCUT2D eigenvalue weighted by molar-refractivity contribution is -0.142. The van der Waals surface area contributed by atoms with Crippen molar-refractivity contribution in [3.05, 3.63) is 35.4 Å². The second-order valence-electron chi connectivity index (χ2n) is 5.94. The molecule has 0 saturated carbocycles. The minimum absolute atomic E-state index is 0.0893. The van der Waals surface area contributed by atoms with Crippen molar-refractivity contribution >= 4 is 5.91 Å². The van der Waals surface area contributed by atoms with Crippen LogP contribution in [0, 0.1) is 17.6 Å². The molecule has 1 unspecified atom stereocenters. The largest absolute Gasteiger partial charge is 0.341 e. The lowest BCUT2D eigenvalue weighted by Gasteiger charge is -2.42.